The summed E-state index contributed by atoms with van der Waals surface area (Å²) < 4.78 is 16.7. The van der Waals surface area contributed by atoms with Crippen molar-refractivity contribution in [1.82, 2.24) is 0 Å². The lowest BCUT2D eigenvalue weighted by Crippen LogP contribution is -2.30. The van der Waals surface area contributed by atoms with Crippen LogP contribution in [0, 0.1) is 0 Å². The van der Waals surface area contributed by atoms with Crippen LogP contribution in [-0.2, 0) is 28.6 Å². The third-order valence-corrected chi connectivity index (χ3v) is 12.1. The lowest BCUT2D eigenvalue weighted by atomic mass is 10.1. The highest BCUT2D eigenvalue weighted by Crippen LogP contribution is 2.11. The predicted octanol–water partition coefficient (Wildman–Crippen LogP) is 21.4. The Morgan fingerprint density at radius 3 is 0.848 bits per heavy atom. The molecule has 0 aromatic heterocycles. The Bertz CT molecular complexity index is 1920. The zero-order valence-electron chi connectivity index (χ0n) is 50.0. The number of rotatable bonds is 53. The Kier molecular flexibility index (Phi) is 60.1. The SMILES string of the molecule is CC/C=C\C/C=C\C/C=C\C/C=C\C/C=C\C/C=C\C/C=C\C/C=C\C/C=C\C/C=C\CCCCC(=O)OCC(COC(=O)CCCCCCC/C=C\CCCC)OC(=O)CCC/C=C\C/C=C\C/C=C\C/C=C\C/C=C\CC. The van der Waals surface area contributed by atoms with Crippen molar-refractivity contribution in [2.75, 3.05) is 13.2 Å². The quantitative estimate of drug-likeness (QED) is 0.0261. The summed E-state index contributed by atoms with van der Waals surface area (Å²) in [6, 6.07) is 0. The van der Waals surface area contributed by atoms with Crippen LogP contribution in [0.4, 0.5) is 0 Å². The number of carbonyl (C=O) groups is 3. The first-order chi connectivity index (χ1) is 39.0. The second-order valence-corrected chi connectivity index (χ2v) is 19.5. The molecule has 1 atom stereocenters. The van der Waals surface area contributed by atoms with Crippen LogP contribution in [0.15, 0.2) is 194 Å². The Labute approximate surface area is 484 Å². The summed E-state index contributed by atoms with van der Waals surface area (Å²) in [7, 11) is 0. The highest BCUT2D eigenvalue weighted by Gasteiger charge is 2.19. The van der Waals surface area contributed by atoms with Gasteiger partial charge in [-0.2, -0.15) is 0 Å². The predicted molar refractivity (Wildman–Crippen MR) is 343 cm³/mol. The first kappa shape index (κ1) is 73.2. The Morgan fingerprint density at radius 1 is 0.266 bits per heavy atom. The van der Waals surface area contributed by atoms with Gasteiger partial charge in [-0.05, 0) is 154 Å². The summed E-state index contributed by atoms with van der Waals surface area (Å²) in [4.78, 5) is 38.1. The number of carbonyl (C=O) groups excluding carboxylic acids is 3. The molecule has 0 N–H and O–H groups in total. The number of ether oxygens (including phenoxy) is 3. The molecule has 79 heavy (non-hydrogen) atoms. The standard InChI is InChI=1S/C73H110O6/c1-4-7-10-13-16-19-22-24-26-28-29-30-31-32-33-34-35-36-37-38-39-40-41-42-43-45-46-48-51-54-57-60-63-66-72(75)78-69-70(68-77-71(74)65-62-59-56-53-50-21-18-15-12-9-6-3)79-73(76)67-64-61-58-55-52-49-47-44-27-25-23-20-17-14-11-8-5-2/h7-8,10-11,15-20,24-27,29-30,32-33,35-36,38-39,41-42,45-47,49,51,54-55,58,70H,4-6,9,12-14,21-23,28,31,34,37,40,43-44,48,50,52-53,56-57,59-69H2,1-3H3/b10-7-,11-8-,18-15-,19-16-,20-17-,26-24-,27-25-,30-29-,33-32-,36-35-,39-38-,42-41-,46-45-,49-47-,54-51-,58-55-. The molecule has 0 bridgehead atoms. The van der Waals surface area contributed by atoms with Crippen LogP contribution in [0.5, 0.6) is 0 Å². The molecular weight excluding hydrogens is 973 g/mol. The molecule has 0 amide bonds. The van der Waals surface area contributed by atoms with E-state index in [1.165, 1.54) is 19.3 Å². The molecule has 0 aromatic rings. The molecule has 6 nitrogen and oxygen atoms in total. The minimum atomic E-state index is -0.840. The molecule has 0 saturated carbocycles. The van der Waals surface area contributed by atoms with Crippen LogP contribution in [0.2, 0.25) is 0 Å². The molecule has 0 radical (unpaired) electrons. The van der Waals surface area contributed by atoms with Crippen molar-refractivity contribution in [3.63, 3.8) is 0 Å². The smallest absolute Gasteiger partial charge is 0.306 e. The number of hydrogen-bond donors (Lipinski definition) is 0. The summed E-state index contributed by atoms with van der Waals surface area (Å²) in [6.45, 7) is 6.25. The maximum Gasteiger partial charge on any atom is 0.306 e. The minimum Gasteiger partial charge on any atom is -0.462 e. The summed E-state index contributed by atoms with van der Waals surface area (Å²) in [5.41, 5.74) is 0. The largest absolute Gasteiger partial charge is 0.462 e. The van der Waals surface area contributed by atoms with Gasteiger partial charge in [0.05, 0.1) is 0 Å². The minimum absolute atomic E-state index is 0.129. The van der Waals surface area contributed by atoms with E-state index < -0.39 is 6.10 Å². The molecule has 1 unspecified atom stereocenters. The topological polar surface area (TPSA) is 78.9 Å². The van der Waals surface area contributed by atoms with Gasteiger partial charge < -0.3 is 14.2 Å². The van der Waals surface area contributed by atoms with Crippen molar-refractivity contribution < 1.29 is 28.6 Å². The van der Waals surface area contributed by atoms with E-state index in [-0.39, 0.29) is 44.0 Å². The average molecular weight is 1080 g/mol. The van der Waals surface area contributed by atoms with Crippen LogP contribution in [0.3, 0.4) is 0 Å². The zero-order chi connectivity index (χ0) is 57.1. The van der Waals surface area contributed by atoms with E-state index in [2.05, 4.69) is 215 Å². The maximum atomic E-state index is 12.8. The van der Waals surface area contributed by atoms with Gasteiger partial charge in [0.2, 0.25) is 0 Å². The van der Waals surface area contributed by atoms with Crippen molar-refractivity contribution in [2.45, 2.75) is 232 Å². The number of esters is 3. The van der Waals surface area contributed by atoms with Crippen molar-refractivity contribution >= 4 is 17.9 Å². The molecule has 438 valence electrons. The van der Waals surface area contributed by atoms with Crippen molar-refractivity contribution in [1.29, 1.82) is 0 Å². The van der Waals surface area contributed by atoms with Gasteiger partial charge in [0, 0.05) is 19.3 Å². The fraction of sp³-hybridized carbons (Fsp3) is 0.521. The van der Waals surface area contributed by atoms with E-state index in [0.717, 1.165) is 154 Å². The van der Waals surface area contributed by atoms with Gasteiger partial charge >= 0.3 is 17.9 Å². The lowest BCUT2D eigenvalue weighted by molar-refractivity contribution is -0.167. The Morgan fingerprint density at radius 2 is 0.506 bits per heavy atom. The molecule has 0 spiro atoms. The lowest BCUT2D eigenvalue weighted by Gasteiger charge is -2.18. The van der Waals surface area contributed by atoms with Gasteiger partial charge in [0.25, 0.3) is 0 Å². The number of hydrogen-bond acceptors (Lipinski definition) is 6. The summed E-state index contributed by atoms with van der Waals surface area (Å²) in [5.74, 6) is -1.06. The molecule has 0 aliphatic rings. The molecular formula is C73H110O6. The third-order valence-electron chi connectivity index (χ3n) is 12.1. The zero-order valence-corrected chi connectivity index (χ0v) is 50.0. The van der Waals surface area contributed by atoms with E-state index >= 15 is 0 Å². The van der Waals surface area contributed by atoms with Crippen molar-refractivity contribution in [3.05, 3.63) is 194 Å². The van der Waals surface area contributed by atoms with Gasteiger partial charge in [-0.15, -0.1) is 0 Å². The summed E-state index contributed by atoms with van der Waals surface area (Å²) in [5, 5.41) is 0. The second-order valence-electron chi connectivity index (χ2n) is 19.5. The molecule has 0 heterocycles. The van der Waals surface area contributed by atoms with E-state index in [9.17, 15) is 14.4 Å². The summed E-state index contributed by atoms with van der Waals surface area (Å²) in [6.07, 6.45) is 98.8. The monoisotopic (exact) mass is 1080 g/mol. The van der Waals surface area contributed by atoms with E-state index in [0.29, 0.717) is 19.3 Å². The molecule has 0 fully saturated rings. The first-order valence-corrected chi connectivity index (χ1v) is 30.9. The normalized spacial score (nSPS) is 13.5. The molecule has 6 heteroatoms. The molecule has 0 aliphatic carbocycles. The highest BCUT2D eigenvalue weighted by molar-refractivity contribution is 5.71. The van der Waals surface area contributed by atoms with Gasteiger partial charge in [0.15, 0.2) is 6.10 Å². The van der Waals surface area contributed by atoms with E-state index in [1.54, 1.807) is 0 Å². The maximum absolute atomic E-state index is 12.8. The van der Waals surface area contributed by atoms with Crippen molar-refractivity contribution in [2.24, 2.45) is 0 Å². The van der Waals surface area contributed by atoms with Crippen LogP contribution < -0.4 is 0 Å². The molecule has 0 aliphatic heterocycles. The molecule has 0 rings (SSSR count). The Hall–Kier alpha value is -5.75. The summed E-state index contributed by atoms with van der Waals surface area (Å²) >= 11 is 0. The van der Waals surface area contributed by atoms with E-state index in [1.807, 2.05) is 0 Å². The Balaban J connectivity index is 4.45. The van der Waals surface area contributed by atoms with Gasteiger partial charge in [-0.25, -0.2) is 0 Å². The van der Waals surface area contributed by atoms with Gasteiger partial charge in [-0.3, -0.25) is 14.4 Å². The molecule has 0 saturated heterocycles. The van der Waals surface area contributed by atoms with E-state index in [4.69, 9.17) is 14.2 Å². The van der Waals surface area contributed by atoms with Crippen LogP contribution >= 0.6 is 0 Å². The fourth-order valence-corrected chi connectivity index (χ4v) is 7.48. The second kappa shape index (κ2) is 64.8. The number of unbranched alkanes of at least 4 members (excludes halogenated alkanes) is 10. The van der Waals surface area contributed by atoms with Crippen molar-refractivity contribution in [3.8, 4) is 0 Å². The third kappa shape index (κ3) is 63.0. The highest BCUT2D eigenvalue weighted by atomic mass is 16.6. The van der Waals surface area contributed by atoms with Crippen LogP contribution in [-0.4, -0.2) is 37.2 Å². The molecule has 0 aromatic carbocycles. The average Bonchev–Trinajstić information content (AvgIpc) is 3.45. The van der Waals surface area contributed by atoms with Crippen LogP contribution in [0.25, 0.3) is 0 Å². The van der Waals surface area contributed by atoms with Gasteiger partial charge in [-0.1, -0.05) is 247 Å². The first-order valence-electron chi connectivity index (χ1n) is 30.9. The van der Waals surface area contributed by atoms with Crippen LogP contribution in [0.1, 0.15) is 226 Å². The van der Waals surface area contributed by atoms with Gasteiger partial charge in [0.1, 0.15) is 13.2 Å². The fourth-order valence-electron chi connectivity index (χ4n) is 7.48. The number of allylic oxidation sites excluding steroid dienone is 32.